The summed E-state index contributed by atoms with van der Waals surface area (Å²) in [6.45, 7) is -2.87. The molecule has 0 heterocycles. The lowest BCUT2D eigenvalue weighted by atomic mass is 10.2. The molecule has 0 saturated heterocycles. The van der Waals surface area contributed by atoms with Gasteiger partial charge in [0.2, 0.25) is 0 Å². The van der Waals surface area contributed by atoms with Crippen molar-refractivity contribution in [3.63, 3.8) is 0 Å². The van der Waals surface area contributed by atoms with Crippen molar-refractivity contribution in [2.45, 2.75) is 13.2 Å². The molecule has 2 nitrogen and oxygen atoms in total. The number of methoxy groups -OCH3 is 1. The molecule has 0 aliphatic carbocycles. The highest BCUT2D eigenvalue weighted by molar-refractivity contribution is 5.33. The Labute approximate surface area is 79.2 Å². The molecule has 5 heteroatoms. The highest BCUT2D eigenvalue weighted by Crippen LogP contribution is 2.22. The first-order valence-corrected chi connectivity index (χ1v) is 3.85. The molecule has 78 valence electrons. The molecule has 1 rings (SSSR count). The second-order valence-electron chi connectivity index (χ2n) is 2.56. The van der Waals surface area contributed by atoms with Crippen LogP contribution in [-0.2, 0) is 11.3 Å². The number of hydrogen-bond donors (Lipinski definition) is 0. The minimum atomic E-state index is -2.97. The van der Waals surface area contributed by atoms with Gasteiger partial charge in [-0.1, -0.05) is 6.07 Å². The third kappa shape index (κ3) is 2.92. The Bertz CT molecular complexity index is 302. The van der Waals surface area contributed by atoms with Crippen LogP contribution in [0.5, 0.6) is 5.75 Å². The summed E-state index contributed by atoms with van der Waals surface area (Å²) < 4.78 is 45.3. The second kappa shape index (κ2) is 4.85. The van der Waals surface area contributed by atoms with Crippen molar-refractivity contribution < 1.29 is 22.6 Å². The predicted molar refractivity (Wildman–Crippen MR) is 43.7 cm³/mol. The lowest BCUT2D eigenvalue weighted by Gasteiger charge is -2.09. The molecule has 0 atom stereocenters. The summed E-state index contributed by atoms with van der Waals surface area (Å²) in [6, 6.07) is 3.41. The zero-order valence-corrected chi connectivity index (χ0v) is 7.47. The molecule has 1 aromatic carbocycles. The lowest BCUT2D eigenvalue weighted by molar-refractivity contribution is -0.0513. The van der Waals surface area contributed by atoms with Crippen LogP contribution in [0, 0.1) is 5.82 Å². The molecule has 0 spiro atoms. The minimum absolute atomic E-state index is 0.0995. The van der Waals surface area contributed by atoms with E-state index in [1.807, 2.05) is 0 Å². The molecule has 0 amide bonds. The molecular weight excluding hydrogens is 197 g/mol. The average molecular weight is 206 g/mol. The van der Waals surface area contributed by atoms with Crippen molar-refractivity contribution >= 4 is 0 Å². The first kappa shape index (κ1) is 10.8. The Morgan fingerprint density at radius 2 is 2.07 bits per heavy atom. The van der Waals surface area contributed by atoms with E-state index in [1.54, 1.807) is 0 Å². The molecule has 0 aromatic heterocycles. The van der Waals surface area contributed by atoms with Gasteiger partial charge in [0.15, 0.2) is 0 Å². The predicted octanol–water partition coefficient (Wildman–Crippen LogP) is 2.57. The van der Waals surface area contributed by atoms with Crippen LogP contribution in [0.4, 0.5) is 13.2 Å². The Hall–Kier alpha value is -1.23. The zero-order chi connectivity index (χ0) is 10.6. The molecule has 0 aliphatic rings. The summed E-state index contributed by atoms with van der Waals surface area (Å²) >= 11 is 0. The van der Waals surface area contributed by atoms with Gasteiger partial charge in [0.1, 0.15) is 11.6 Å². The van der Waals surface area contributed by atoms with Crippen LogP contribution in [0.1, 0.15) is 5.56 Å². The molecule has 0 N–H and O–H groups in total. The van der Waals surface area contributed by atoms with E-state index in [-0.39, 0.29) is 12.4 Å². The average Bonchev–Trinajstić information content (AvgIpc) is 2.09. The maximum atomic E-state index is 12.7. The maximum Gasteiger partial charge on any atom is 0.387 e. The van der Waals surface area contributed by atoms with E-state index in [0.29, 0.717) is 5.56 Å². The fraction of sp³-hybridized carbons (Fsp3) is 0.333. The molecule has 0 saturated carbocycles. The number of benzene rings is 1. The monoisotopic (exact) mass is 206 g/mol. The quantitative estimate of drug-likeness (QED) is 0.753. The summed E-state index contributed by atoms with van der Waals surface area (Å²) in [4.78, 5) is 0. The van der Waals surface area contributed by atoms with E-state index < -0.39 is 12.4 Å². The normalized spacial score (nSPS) is 10.6. The van der Waals surface area contributed by atoms with Gasteiger partial charge in [-0.05, 0) is 6.07 Å². The van der Waals surface area contributed by atoms with Crippen molar-refractivity contribution in [1.82, 2.24) is 0 Å². The van der Waals surface area contributed by atoms with E-state index in [0.717, 1.165) is 12.1 Å². The summed E-state index contributed by atoms with van der Waals surface area (Å²) in [5.74, 6) is -0.817. The van der Waals surface area contributed by atoms with Gasteiger partial charge in [0.05, 0.1) is 6.61 Å². The fourth-order valence-corrected chi connectivity index (χ4v) is 1.01. The van der Waals surface area contributed by atoms with E-state index in [1.165, 1.54) is 13.2 Å². The molecular formula is C9H9F3O2. The summed E-state index contributed by atoms with van der Waals surface area (Å²) in [6.07, 6.45) is 0. The van der Waals surface area contributed by atoms with Gasteiger partial charge in [-0.25, -0.2) is 4.39 Å². The summed E-state index contributed by atoms with van der Waals surface area (Å²) in [5.41, 5.74) is 0.384. The Morgan fingerprint density at radius 3 is 2.64 bits per heavy atom. The van der Waals surface area contributed by atoms with Crippen molar-refractivity contribution in [1.29, 1.82) is 0 Å². The van der Waals surface area contributed by atoms with Crippen LogP contribution in [0.2, 0.25) is 0 Å². The van der Waals surface area contributed by atoms with Gasteiger partial charge >= 0.3 is 6.61 Å². The van der Waals surface area contributed by atoms with E-state index in [4.69, 9.17) is 4.74 Å². The zero-order valence-electron chi connectivity index (χ0n) is 7.47. The molecule has 0 unspecified atom stereocenters. The second-order valence-corrected chi connectivity index (χ2v) is 2.56. The Balaban J connectivity index is 2.90. The van der Waals surface area contributed by atoms with Gasteiger partial charge < -0.3 is 9.47 Å². The number of halogens is 3. The minimum Gasteiger partial charge on any atom is -0.434 e. The number of hydrogen-bond acceptors (Lipinski definition) is 2. The van der Waals surface area contributed by atoms with E-state index in [9.17, 15) is 13.2 Å². The van der Waals surface area contributed by atoms with Crippen molar-refractivity contribution in [3.8, 4) is 5.75 Å². The number of rotatable bonds is 4. The lowest BCUT2D eigenvalue weighted by Crippen LogP contribution is -2.05. The third-order valence-corrected chi connectivity index (χ3v) is 1.55. The van der Waals surface area contributed by atoms with E-state index >= 15 is 0 Å². The molecule has 14 heavy (non-hydrogen) atoms. The summed E-state index contributed by atoms with van der Waals surface area (Å²) in [7, 11) is 1.41. The summed E-state index contributed by atoms with van der Waals surface area (Å²) in [5, 5.41) is 0. The Morgan fingerprint density at radius 1 is 1.36 bits per heavy atom. The van der Waals surface area contributed by atoms with Gasteiger partial charge in [-0.3, -0.25) is 0 Å². The van der Waals surface area contributed by atoms with Crippen LogP contribution in [-0.4, -0.2) is 13.7 Å². The molecule has 0 radical (unpaired) electrons. The first-order chi connectivity index (χ1) is 6.63. The highest BCUT2D eigenvalue weighted by atomic mass is 19.3. The number of alkyl halides is 2. The molecule has 1 aromatic rings. The van der Waals surface area contributed by atoms with Crippen LogP contribution in [0.3, 0.4) is 0 Å². The van der Waals surface area contributed by atoms with Gasteiger partial charge in [0, 0.05) is 18.7 Å². The maximum absolute atomic E-state index is 12.7. The van der Waals surface area contributed by atoms with Gasteiger partial charge in [-0.2, -0.15) is 8.78 Å². The number of ether oxygens (including phenoxy) is 2. The SMILES string of the molecule is COCc1ccc(F)cc1OC(F)F. The molecule has 0 aliphatic heterocycles. The first-order valence-electron chi connectivity index (χ1n) is 3.85. The van der Waals surface area contributed by atoms with Crippen molar-refractivity contribution in [3.05, 3.63) is 29.6 Å². The van der Waals surface area contributed by atoms with Crippen LogP contribution < -0.4 is 4.74 Å². The molecule has 0 bridgehead atoms. The van der Waals surface area contributed by atoms with Gasteiger partial charge in [0.25, 0.3) is 0 Å². The topological polar surface area (TPSA) is 18.5 Å². The largest absolute Gasteiger partial charge is 0.434 e. The smallest absolute Gasteiger partial charge is 0.387 e. The Kier molecular flexibility index (Phi) is 3.76. The standard InChI is InChI=1S/C9H9F3O2/c1-13-5-6-2-3-7(10)4-8(6)14-9(11)12/h2-4,9H,5H2,1H3. The van der Waals surface area contributed by atoms with Crippen LogP contribution >= 0.6 is 0 Å². The molecule has 0 fully saturated rings. The third-order valence-electron chi connectivity index (χ3n) is 1.55. The van der Waals surface area contributed by atoms with Crippen molar-refractivity contribution in [2.24, 2.45) is 0 Å². The van der Waals surface area contributed by atoms with Crippen molar-refractivity contribution in [2.75, 3.05) is 7.11 Å². The van der Waals surface area contributed by atoms with Gasteiger partial charge in [-0.15, -0.1) is 0 Å². The van der Waals surface area contributed by atoms with Crippen LogP contribution in [0.15, 0.2) is 18.2 Å². The van der Waals surface area contributed by atoms with E-state index in [2.05, 4.69) is 4.74 Å². The fourth-order valence-electron chi connectivity index (χ4n) is 1.01. The van der Waals surface area contributed by atoms with Crippen LogP contribution in [0.25, 0.3) is 0 Å². The highest BCUT2D eigenvalue weighted by Gasteiger charge is 2.10.